The number of piperazine rings is 1. The molecule has 2 aromatic rings. The van der Waals surface area contributed by atoms with E-state index in [1.807, 2.05) is 0 Å². The Kier molecular flexibility index (Phi) is 30.7. The third-order valence-corrected chi connectivity index (χ3v) is 11.3. The Balaban J connectivity index is 0. The Morgan fingerprint density at radius 3 is 1.87 bits per heavy atom. The van der Waals surface area contributed by atoms with E-state index in [-0.39, 0.29) is 106 Å². The minimum absolute atomic E-state index is 0. The lowest BCUT2D eigenvalue weighted by molar-refractivity contribution is -0.318. The van der Waals surface area contributed by atoms with Gasteiger partial charge in [0.25, 0.3) is 0 Å². The standard InChI is InChI=1S/C37H61N7O9.7ClH/c38-18-28-27(46)17-26(41)36(50-28)52-33-24(39)16-25(40)34(53-37-32(48)30(42)31(47)29(20-45)51-37)35(33)49-15-4-3-10-43-11-13-44(14-12-43)19-22-8-5-7-21-6-1-2-9-23(21)22;;;;;;;/h1-2,5-9,24-37,45-48H,3-4,10-20,38-42H2;7*1H/t24-,25+,26+,27-,28+,29+,30-,31+,32+,33+,34-,35-,36+,37+;;;;;;;/m0......./s1. The first-order chi connectivity index (χ1) is 25.6. The fraction of sp³-hybridized carbons (Fsp3) is 0.730. The molecule has 14 N–H and O–H groups in total. The van der Waals surface area contributed by atoms with Crippen molar-refractivity contribution >= 4 is 97.6 Å². The maximum atomic E-state index is 10.9. The van der Waals surface area contributed by atoms with E-state index in [1.165, 1.54) is 16.3 Å². The largest absolute Gasteiger partial charge is 0.394 e. The Labute approximate surface area is 396 Å². The van der Waals surface area contributed by atoms with Gasteiger partial charge in [-0.2, -0.15) is 0 Å². The second kappa shape index (κ2) is 29.6. The summed E-state index contributed by atoms with van der Waals surface area (Å²) in [7, 11) is 0. The van der Waals surface area contributed by atoms with Crippen LogP contribution in [-0.2, 0) is 30.2 Å². The van der Waals surface area contributed by atoms with Gasteiger partial charge in [-0.15, -0.1) is 86.8 Å². The third kappa shape index (κ3) is 15.3. The van der Waals surface area contributed by atoms with Crippen LogP contribution in [0.15, 0.2) is 42.5 Å². The van der Waals surface area contributed by atoms with Crippen LogP contribution in [0.1, 0.15) is 31.2 Å². The molecule has 23 heteroatoms. The van der Waals surface area contributed by atoms with Gasteiger partial charge < -0.3 is 77.7 Å². The zero-order chi connectivity index (χ0) is 37.6. The number of hydrogen-bond acceptors (Lipinski definition) is 16. The quantitative estimate of drug-likeness (QED) is 0.116. The first-order valence-corrected chi connectivity index (χ1v) is 19.1. The summed E-state index contributed by atoms with van der Waals surface area (Å²) >= 11 is 0. The van der Waals surface area contributed by atoms with E-state index in [4.69, 9.17) is 52.4 Å². The molecule has 3 aliphatic heterocycles. The van der Waals surface area contributed by atoms with Gasteiger partial charge >= 0.3 is 0 Å². The average molecular weight is 1000 g/mol. The molecule has 0 aromatic heterocycles. The number of unbranched alkanes of at least 4 members (excludes halogenated alkanes) is 1. The third-order valence-electron chi connectivity index (χ3n) is 11.3. The highest BCUT2D eigenvalue weighted by Gasteiger charge is 2.51. The molecule has 3 heterocycles. The van der Waals surface area contributed by atoms with E-state index < -0.39 is 92.2 Å². The van der Waals surface area contributed by atoms with Crippen LogP contribution in [0, 0.1) is 0 Å². The van der Waals surface area contributed by atoms with Crippen molar-refractivity contribution < 1.29 is 44.1 Å². The van der Waals surface area contributed by atoms with Crippen molar-refractivity contribution in [2.75, 3.05) is 52.5 Å². The summed E-state index contributed by atoms with van der Waals surface area (Å²) in [5, 5.41) is 44.0. The van der Waals surface area contributed by atoms with Crippen LogP contribution in [0.25, 0.3) is 10.8 Å². The van der Waals surface area contributed by atoms with Gasteiger partial charge in [0, 0.05) is 58.0 Å². The number of ether oxygens (including phenoxy) is 5. The number of fused-ring (bicyclic) bond motifs is 1. The van der Waals surface area contributed by atoms with E-state index >= 15 is 0 Å². The van der Waals surface area contributed by atoms with Crippen molar-refractivity contribution in [3.05, 3.63) is 48.0 Å². The number of nitrogens with two attached hydrogens (primary N) is 5. The Bertz CT molecular complexity index is 1450. The van der Waals surface area contributed by atoms with Gasteiger partial charge in [0.2, 0.25) is 0 Å². The van der Waals surface area contributed by atoms with Gasteiger partial charge in [-0.3, -0.25) is 4.90 Å². The number of aliphatic hydroxyl groups is 4. The van der Waals surface area contributed by atoms with Gasteiger partial charge in [-0.25, -0.2) is 0 Å². The molecular weight excluding hydrogens is 935 g/mol. The number of aliphatic hydroxyl groups excluding tert-OH is 4. The molecule has 60 heavy (non-hydrogen) atoms. The zero-order valence-corrected chi connectivity index (χ0v) is 39.0. The molecule has 0 radical (unpaired) electrons. The number of benzene rings is 2. The van der Waals surface area contributed by atoms with Crippen LogP contribution in [-0.4, -0.2) is 168 Å². The highest BCUT2D eigenvalue weighted by atomic mass is 35.5. The predicted octanol–water partition coefficient (Wildman–Crippen LogP) is 0.432. The second-order valence-electron chi connectivity index (χ2n) is 15.1. The molecule has 0 bridgehead atoms. The van der Waals surface area contributed by atoms with Gasteiger partial charge in [0.1, 0.15) is 36.6 Å². The predicted molar refractivity (Wildman–Crippen MR) is 248 cm³/mol. The van der Waals surface area contributed by atoms with Crippen LogP contribution in [0.3, 0.4) is 0 Å². The first kappa shape index (κ1) is 62.2. The Morgan fingerprint density at radius 2 is 1.23 bits per heavy atom. The van der Waals surface area contributed by atoms with Gasteiger partial charge in [0.15, 0.2) is 12.6 Å². The highest BCUT2D eigenvalue weighted by molar-refractivity contribution is 5.86. The molecule has 0 spiro atoms. The van der Waals surface area contributed by atoms with E-state index in [1.54, 1.807) is 0 Å². The lowest BCUT2D eigenvalue weighted by Crippen LogP contribution is -2.68. The number of nitrogens with zero attached hydrogens (tertiary/aromatic N) is 2. The fourth-order valence-corrected chi connectivity index (χ4v) is 8.09. The highest BCUT2D eigenvalue weighted by Crippen LogP contribution is 2.32. The van der Waals surface area contributed by atoms with E-state index in [0.717, 1.165) is 52.1 Å². The van der Waals surface area contributed by atoms with Crippen molar-refractivity contribution in [1.29, 1.82) is 0 Å². The molecule has 3 saturated heterocycles. The smallest absolute Gasteiger partial charge is 0.186 e. The summed E-state index contributed by atoms with van der Waals surface area (Å²) in [6.45, 7) is 5.71. The summed E-state index contributed by atoms with van der Waals surface area (Å²) in [6, 6.07) is 12.0. The molecule has 1 saturated carbocycles. The second-order valence-corrected chi connectivity index (χ2v) is 15.1. The van der Waals surface area contributed by atoms with Crippen molar-refractivity contribution in [2.45, 2.75) is 118 Å². The van der Waals surface area contributed by atoms with Crippen LogP contribution in [0.2, 0.25) is 0 Å². The number of halogens is 7. The molecular formula is C37H68Cl7N7O9. The molecule has 16 nitrogen and oxygen atoms in total. The van der Waals surface area contributed by atoms with Crippen molar-refractivity contribution in [2.24, 2.45) is 28.7 Å². The van der Waals surface area contributed by atoms with Crippen LogP contribution >= 0.6 is 86.8 Å². The molecule has 1 aliphatic carbocycles. The van der Waals surface area contributed by atoms with Crippen LogP contribution < -0.4 is 28.7 Å². The molecule has 354 valence electrons. The van der Waals surface area contributed by atoms with E-state index in [9.17, 15) is 20.4 Å². The SMILES string of the molecule is Cl.Cl.Cl.Cl.Cl.Cl.Cl.NC[C@H]1O[C@H](O[C@H]2[C@H](OCCCCN3CCN(Cc4cccc5ccccc45)CC3)[C@@H](O[C@H]3O[C@H](CO)[C@@H](O)[C@H](N)[C@H]3O)[C@H](N)C[C@@H]2N)[C@H](N)C[C@@H]1O. The van der Waals surface area contributed by atoms with Crippen LogP contribution in [0.4, 0.5) is 0 Å². The average Bonchev–Trinajstić information content (AvgIpc) is 3.15. The maximum absolute atomic E-state index is 10.9. The van der Waals surface area contributed by atoms with Crippen LogP contribution in [0.5, 0.6) is 0 Å². The maximum Gasteiger partial charge on any atom is 0.186 e. The monoisotopic (exact) mass is 999 g/mol. The molecule has 0 amide bonds. The van der Waals surface area contributed by atoms with E-state index in [2.05, 4.69) is 52.3 Å². The Hall–Kier alpha value is 0.0900. The van der Waals surface area contributed by atoms with Crippen molar-refractivity contribution in [1.82, 2.24) is 9.80 Å². The topological polar surface area (TPSA) is 264 Å². The van der Waals surface area contributed by atoms with Gasteiger partial charge in [-0.05, 0) is 48.6 Å². The summed E-state index contributed by atoms with van der Waals surface area (Å²) < 4.78 is 30.9. The summed E-state index contributed by atoms with van der Waals surface area (Å²) in [5.41, 5.74) is 32.9. The Morgan fingerprint density at radius 1 is 0.650 bits per heavy atom. The lowest BCUT2D eigenvalue weighted by atomic mass is 9.84. The minimum Gasteiger partial charge on any atom is -0.394 e. The fourth-order valence-electron chi connectivity index (χ4n) is 8.09. The molecule has 14 atom stereocenters. The first-order valence-electron chi connectivity index (χ1n) is 19.1. The minimum atomic E-state index is -1.41. The summed E-state index contributed by atoms with van der Waals surface area (Å²) in [6.07, 6.45) is -7.90. The lowest BCUT2D eigenvalue weighted by Gasteiger charge is -2.49. The summed E-state index contributed by atoms with van der Waals surface area (Å²) in [4.78, 5) is 4.99. The van der Waals surface area contributed by atoms with Crippen molar-refractivity contribution in [3.8, 4) is 0 Å². The molecule has 0 unspecified atom stereocenters. The molecule has 2 aromatic carbocycles. The molecule has 4 aliphatic rings. The number of rotatable bonds is 14. The summed E-state index contributed by atoms with van der Waals surface area (Å²) in [5.74, 6) is 0. The van der Waals surface area contributed by atoms with Crippen molar-refractivity contribution in [3.63, 3.8) is 0 Å². The van der Waals surface area contributed by atoms with Gasteiger partial charge in [-0.1, -0.05) is 42.5 Å². The number of hydrogen-bond donors (Lipinski definition) is 9. The van der Waals surface area contributed by atoms with E-state index in [0.29, 0.717) is 6.61 Å². The normalized spacial score (nSPS) is 34.5. The zero-order valence-electron chi connectivity index (χ0n) is 33.3. The molecule has 6 rings (SSSR count). The van der Waals surface area contributed by atoms with Gasteiger partial charge in [0.05, 0.1) is 30.9 Å². The molecule has 4 fully saturated rings.